The van der Waals surface area contributed by atoms with E-state index < -0.39 is 7.01 Å². The first-order valence-electron chi connectivity index (χ1n) is 5.77. The molecule has 6 heteroatoms. The molecule has 0 bridgehead atoms. The highest BCUT2D eigenvalue weighted by Crippen LogP contribution is 2.30. The molecule has 0 atom stereocenters. The molecule has 3 aromatic rings. The minimum Gasteiger partial charge on any atom is -0.360 e. The predicted octanol–water partition coefficient (Wildman–Crippen LogP) is 4.10. The van der Waals surface area contributed by atoms with Gasteiger partial charge in [-0.15, -0.1) is 0 Å². The zero-order valence-electron chi connectivity index (χ0n) is 10.1. The van der Waals surface area contributed by atoms with E-state index in [9.17, 15) is 12.8 Å². The molecule has 0 aliphatic heterocycles. The third kappa shape index (κ3) is 2.45. The summed E-state index contributed by atoms with van der Waals surface area (Å²) < 4.78 is 36.0. The summed E-state index contributed by atoms with van der Waals surface area (Å²) in [6.07, 6.45) is 1.79. The number of H-pyrrole nitrogens is 1. The van der Waals surface area contributed by atoms with E-state index in [-0.39, 0.29) is 10.7 Å². The largest absolute Gasteiger partial charge is 0.360 e. The van der Waals surface area contributed by atoms with Crippen LogP contribution >= 0.6 is 21.2 Å². The molecule has 0 aliphatic rings. The minimum absolute atomic E-state index is 0.271. The van der Waals surface area contributed by atoms with Crippen LogP contribution in [0.5, 0.6) is 0 Å². The van der Waals surface area contributed by atoms with E-state index in [1.165, 1.54) is 33.3 Å². The van der Waals surface area contributed by atoms with Crippen molar-refractivity contribution in [3.05, 3.63) is 54.5 Å². The Balaban J connectivity index is 2.12. The van der Waals surface area contributed by atoms with Crippen LogP contribution in [0.4, 0.5) is 4.39 Å². The fourth-order valence-corrected chi connectivity index (χ4v) is 3.48. The highest BCUT2D eigenvalue weighted by molar-refractivity contribution is 14.2. The van der Waals surface area contributed by atoms with Gasteiger partial charge in [0.1, 0.15) is 5.82 Å². The molecule has 3 rings (SSSR count). The van der Waals surface area contributed by atoms with Crippen molar-refractivity contribution in [1.29, 1.82) is 0 Å². The number of benzene rings is 2. The average Bonchev–Trinajstić information content (AvgIpc) is 2.80. The van der Waals surface area contributed by atoms with Crippen LogP contribution in [0.25, 0.3) is 22.0 Å². The first-order valence-corrected chi connectivity index (χ1v) is 9.79. The van der Waals surface area contributed by atoms with E-state index in [1.54, 1.807) is 36.5 Å². The Morgan fingerprint density at radius 3 is 2.40 bits per heavy atom. The van der Waals surface area contributed by atoms with Crippen LogP contribution in [0.15, 0.2) is 53.6 Å². The Kier molecular flexibility index (Phi) is 3.29. The van der Waals surface area contributed by atoms with Crippen molar-refractivity contribution >= 4 is 39.1 Å². The molecule has 1 N–H and O–H groups in total. The quantitative estimate of drug-likeness (QED) is 0.520. The molecule has 0 saturated heterocycles. The Bertz CT molecular complexity index is 885. The molecule has 0 saturated carbocycles. The van der Waals surface area contributed by atoms with Crippen LogP contribution in [0.2, 0.25) is 0 Å². The minimum atomic E-state index is -3.22. The molecule has 1 heterocycles. The summed E-state index contributed by atoms with van der Waals surface area (Å²) in [6, 6.07) is 11.2. The van der Waals surface area contributed by atoms with Gasteiger partial charge >= 0.3 is 0 Å². The van der Waals surface area contributed by atoms with Crippen molar-refractivity contribution in [3.8, 4) is 11.1 Å². The molecular weight excluding hydrogens is 392 g/mol. The van der Waals surface area contributed by atoms with Gasteiger partial charge in [-0.1, -0.05) is 12.1 Å². The van der Waals surface area contributed by atoms with E-state index in [4.69, 9.17) is 0 Å². The summed E-state index contributed by atoms with van der Waals surface area (Å²) in [5.74, 6) is -0.294. The third-order valence-corrected chi connectivity index (χ3v) is 5.45. The number of aromatic amines is 1. The lowest BCUT2D eigenvalue weighted by atomic mass is 10.1. The molecular formula is C14H9FINO2S. The van der Waals surface area contributed by atoms with Crippen molar-refractivity contribution in [2.45, 2.75) is 4.90 Å². The maximum absolute atomic E-state index is 13.1. The monoisotopic (exact) mass is 401 g/mol. The standard InChI is InChI=1S/C14H9FINO2S/c15-10-3-6-12-13(8-17-14(12)7-10)9-1-4-11(5-2-9)20(16,18)19/h1-8,17H. The maximum Gasteiger partial charge on any atom is 0.231 e. The summed E-state index contributed by atoms with van der Waals surface area (Å²) >= 11 is 1.41. The highest BCUT2D eigenvalue weighted by atomic mass is 127. The number of fused-ring (bicyclic) bond motifs is 1. The zero-order valence-corrected chi connectivity index (χ0v) is 13.1. The smallest absolute Gasteiger partial charge is 0.231 e. The van der Waals surface area contributed by atoms with Gasteiger partial charge < -0.3 is 4.98 Å². The molecule has 102 valence electrons. The number of halogens is 2. The van der Waals surface area contributed by atoms with Crippen molar-refractivity contribution < 1.29 is 12.8 Å². The van der Waals surface area contributed by atoms with Crippen LogP contribution in [-0.4, -0.2) is 13.4 Å². The van der Waals surface area contributed by atoms with Gasteiger partial charge in [-0.25, -0.2) is 12.8 Å². The number of nitrogens with one attached hydrogen (secondary N) is 1. The fraction of sp³-hybridized carbons (Fsp3) is 0. The van der Waals surface area contributed by atoms with Gasteiger partial charge in [-0.2, -0.15) is 0 Å². The SMILES string of the molecule is O=S(=O)(I)c1ccc(-c2c[nH]c3cc(F)ccc23)cc1. The van der Waals surface area contributed by atoms with Gasteiger partial charge in [0.25, 0.3) is 0 Å². The second kappa shape index (κ2) is 4.85. The second-order valence-electron chi connectivity index (χ2n) is 4.35. The number of hydrogen-bond acceptors (Lipinski definition) is 2. The molecule has 0 fully saturated rings. The first kappa shape index (κ1) is 13.6. The van der Waals surface area contributed by atoms with Crippen LogP contribution in [0, 0.1) is 5.82 Å². The van der Waals surface area contributed by atoms with Crippen molar-refractivity contribution in [3.63, 3.8) is 0 Å². The maximum atomic E-state index is 13.1. The zero-order chi connectivity index (χ0) is 14.3. The molecule has 0 radical (unpaired) electrons. The van der Waals surface area contributed by atoms with E-state index in [0.717, 1.165) is 16.5 Å². The van der Waals surface area contributed by atoms with E-state index in [1.807, 2.05) is 0 Å². The second-order valence-corrected chi connectivity index (χ2v) is 9.18. The highest BCUT2D eigenvalue weighted by Gasteiger charge is 2.11. The molecule has 2 aromatic carbocycles. The summed E-state index contributed by atoms with van der Waals surface area (Å²) in [5.41, 5.74) is 2.51. The van der Waals surface area contributed by atoms with E-state index in [0.29, 0.717) is 5.52 Å². The topological polar surface area (TPSA) is 49.9 Å². The molecule has 3 nitrogen and oxygen atoms in total. The Labute approximate surface area is 127 Å². The Hall–Kier alpha value is -1.41. The molecule has 1 aromatic heterocycles. The molecule has 0 unspecified atom stereocenters. The van der Waals surface area contributed by atoms with Crippen LogP contribution in [-0.2, 0) is 7.01 Å². The van der Waals surface area contributed by atoms with Crippen LogP contribution in [0.1, 0.15) is 0 Å². The fourth-order valence-electron chi connectivity index (χ4n) is 2.13. The summed E-state index contributed by atoms with van der Waals surface area (Å²) in [6.45, 7) is 0. The van der Waals surface area contributed by atoms with Crippen LogP contribution in [0.3, 0.4) is 0 Å². The lowest BCUT2D eigenvalue weighted by Crippen LogP contribution is -1.88. The lowest BCUT2D eigenvalue weighted by molar-refractivity contribution is 0.612. The Morgan fingerprint density at radius 2 is 1.75 bits per heavy atom. The van der Waals surface area contributed by atoms with Crippen LogP contribution < -0.4 is 0 Å². The molecule has 0 aliphatic carbocycles. The van der Waals surface area contributed by atoms with Gasteiger partial charge in [0, 0.05) is 22.7 Å². The normalized spacial score (nSPS) is 11.9. The third-order valence-electron chi connectivity index (χ3n) is 3.09. The van der Waals surface area contributed by atoms with Gasteiger partial charge in [0.05, 0.1) is 26.1 Å². The molecule has 20 heavy (non-hydrogen) atoms. The number of hydrogen-bond donors (Lipinski definition) is 1. The van der Waals surface area contributed by atoms with Gasteiger partial charge in [-0.3, -0.25) is 0 Å². The number of rotatable bonds is 2. The molecule has 0 spiro atoms. The summed E-state index contributed by atoms with van der Waals surface area (Å²) in [5, 5.41) is 0.900. The Morgan fingerprint density at radius 1 is 1.05 bits per heavy atom. The van der Waals surface area contributed by atoms with E-state index >= 15 is 0 Å². The average molecular weight is 401 g/mol. The number of aromatic nitrogens is 1. The van der Waals surface area contributed by atoms with Gasteiger partial charge in [-0.05, 0) is 35.9 Å². The lowest BCUT2D eigenvalue weighted by Gasteiger charge is -2.01. The van der Waals surface area contributed by atoms with Gasteiger partial charge in [0.2, 0.25) is 7.01 Å². The molecule has 0 amide bonds. The predicted molar refractivity (Wildman–Crippen MR) is 84.9 cm³/mol. The summed E-state index contributed by atoms with van der Waals surface area (Å²) in [4.78, 5) is 3.28. The van der Waals surface area contributed by atoms with E-state index in [2.05, 4.69) is 4.98 Å². The van der Waals surface area contributed by atoms with Crippen molar-refractivity contribution in [2.75, 3.05) is 0 Å². The first-order chi connectivity index (χ1) is 9.45. The van der Waals surface area contributed by atoms with Crippen molar-refractivity contribution in [2.24, 2.45) is 0 Å². The van der Waals surface area contributed by atoms with Crippen molar-refractivity contribution in [1.82, 2.24) is 4.98 Å². The summed E-state index contributed by atoms with van der Waals surface area (Å²) in [7, 11) is -3.22. The van der Waals surface area contributed by atoms with Gasteiger partial charge in [0.15, 0.2) is 0 Å².